The van der Waals surface area contributed by atoms with Gasteiger partial charge in [-0.25, -0.2) is 0 Å². The van der Waals surface area contributed by atoms with E-state index in [1.54, 1.807) is 0 Å². The Morgan fingerprint density at radius 2 is 1.89 bits per heavy atom. The molecule has 0 radical (unpaired) electrons. The van der Waals surface area contributed by atoms with E-state index < -0.39 is 0 Å². The number of benzene rings is 1. The van der Waals surface area contributed by atoms with Crippen LogP contribution >= 0.6 is 11.6 Å². The van der Waals surface area contributed by atoms with Crippen molar-refractivity contribution in [3.63, 3.8) is 0 Å². The second-order valence-electron chi connectivity index (χ2n) is 5.55. The van der Waals surface area contributed by atoms with Crippen molar-refractivity contribution in [2.24, 2.45) is 5.41 Å². The zero-order valence-electron chi connectivity index (χ0n) is 10.8. The quantitative estimate of drug-likeness (QED) is 0.827. The van der Waals surface area contributed by atoms with E-state index in [0.29, 0.717) is 6.42 Å². The zero-order chi connectivity index (χ0) is 13.0. The Balaban J connectivity index is 1.87. The second kappa shape index (κ2) is 5.73. The van der Waals surface area contributed by atoms with Gasteiger partial charge in [-0.3, -0.25) is 4.90 Å². The van der Waals surface area contributed by atoms with Gasteiger partial charge in [0.15, 0.2) is 0 Å². The summed E-state index contributed by atoms with van der Waals surface area (Å²) in [6.45, 7) is 5.39. The molecule has 1 fully saturated rings. The number of hydrogen-bond acceptors (Lipinski definition) is 2. The van der Waals surface area contributed by atoms with Gasteiger partial charge >= 0.3 is 0 Å². The maximum atomic E-state index is 8.83. The van der Waals surface area contributed by atoms with Gasteiger partial charge in [-0.1, -0.05) is 30.7 Å². The van der Waals surface area contributed by atoms with Crippen LogP contribution in [0.1, 0.15) is 31.7 Å². The minimum absolute atomic E-state index is 0.227. The van der Waals surface area contributed by atoms with Crippen molar-refractivity contribution in [1.82, 2.24) is 4.90 Å². The monoisotopic (exact) mass is 262 g/mol. The van der Waals surface area contributed by atoms with Crippen LogP contribution in [0, 0.1) is 16.7 Å². The number of hydrogen-bond donors (Lipinski definition) is 0. The van der Waals surface area contributed by atoms with Gasteiger partial charge in [0.25, 0.3) is 0 Å². The van der Waals surface area contributed by atoms with Crippen LogP contribution in [-0.4, -0.2) is 18.0 Å². The third-order valence-electron chi connectivity index (χ3n) is 3.89. The van der Waals surface area contributed by atoms with Crippen molar-refractivity contribution in [1.29, 1.82) is 5.26 Å². The molecule has 2 rings (SSSR count). The predicted molar refractivity (Wildman–Crippen MR) is 74.3 cm³/mol. The van der Waals surface area contributed by atoms with Crippen LogP contribution in [0.3, 0.4) is 0 Å². The minimum Gasteiger partial charge on any atom is -0.299 e. The molecular formula is C15H19ClN2. The summed E-state index contributed by atoms with van der Waals surface area (Å²) in [5.41, 5.74) is 1.54. The van der Waals surface area contributed by atoms with Crippen LogP contribution < -0.4 is 0 Å². The molecule has 0 N–H and O–H groups in total. The second-order valence-corrected chi connectivity index (χ2v) is 5.98. The smallest absolute Gasteiger partial charge is 0.0627 e. The van der Waals surface area contributed by atoms with Crippen molar-refractivity contribution in [2.45, 2.75) is 32.7 Å². The molecule has 18 heavy (non-hydrogen) atoms. The van der Waals surface area contributed by atoms with Crippen molar-refractivity contribution in [3.05, 3.63) is 34.9 Å². The molecule has 3 heteroatoms. The van der Waals surface area contributed by atoms with E-state index in [1.165, 1.54) is 5.56 Å². The Morgan fingerprint density at radius 1 is 1.28 bits per heavy atom. The van der Waals surface area contributed by atoms with Gasteiger partial charge in [-0.05, 0) is 49.0 Å². The SMILES string of the molecule is CC1(CC#N)CCN(Cc2ccc(Cl)cc2)CC1. The van der Waals surface area contributed by atoms with E-state index in [2.05, 4.69) is 30.0 Å². The molecule has 96 valence electrons. The summed E-state index contributed by atoms with van der Waals surface area (Å²) in [6, 6.07) is 10.4. The highest BCUT2D eigenvalue weighted by Gasteiger charge is 2.29. The summed E-state index contributed by atoms with van der Waals surface area (Å²) in [5.74, 6) is 0. The lowest BCUT2D eigenvalue weighted by atomic mass is 9.78. The lowest BCUT2D eigenvalue weighted by Gasteiger charge is -2.38. The Kier molecular flexibility index (Phi) is 4.27. The van der Waals surface area contributed by atoms with E-state index in [9.17, 15) is 0 Å². The zero-order valence-corrected chi connectivity index (χ0v) is 11.6. The summed E-state index contributed by atoms with van der Waals surface area (Å²) in [4.78, 5) is 2.46. The lowest BCUT2D eigenvalue weighted by Crippen LogP contribution is -2.38. The lowest BCUT2D eigenvalue weighted by molar-refractivity contribution is 0.116. The number of likely N-dealkylation sites (tertiary alicyclic amines) is 1. The standard InChI is InChI=1S/C15H19ClN2/c1-15(6-9-17)7-10-18(11-8-15)12-13-2-4-14(16)5-3-13/h2-5H,6-8,10-12H2,1H3. The summed E-state index contributed by atoms with van der Waals surface area (Å²) in [6.07, 6.45) is 2.92. The first kappa shape index (κ1) is 13.4. The van der Waals surface area contributed by atoms with Crippen LogP contribution in [0.4, 0.5) is 0 Å². The molecule has 1 aliphatic heterocycles. The fourth-order valence-corrected chi connectivity index (χ4v) is 2.59. The molecule has 0 atom stereocenters. The number of rotatable bonds is 3. The van der Waals surface area contributed by atoms with Crippen molar-refractivity contribution in [2.75, 3.05) is 13.1 Å². The van der Waals surface area contributed by atoms with Gasteiger partial charge in [0.1, 0.15) is 0 Å². The highest BCUT2D eigenvalue weighted by Crippen LogP contribution is 2.34. The molecule has 1 aromatic carbocycles. The Morgan fingerprint density at radius 3 is 2.44 bits per heavy atom. The van der Waals surface area contributed by atoms with Crippen LogP contribution in [0.2, 0.25) is 5.02 Å². The van der Waals surface area contributed by atoms with Crippen LogP contribution in [0.5, 0.6) is 0 Å². The van der Waals surface area contributed by atoms with Gasteiger partial charge in [0.05, 0.1) is 6.07 Å². The van der Waals surface area contributed by atoms with E-state index in [-0.39, 0.29) is 5.41 Å². The third kappa shape index (κ3) is 3.48. The third-order valence-corrected chi connectivity index (χ3v) is 4.14. The summed E-state index contributed by atoms with van der Waals surface area (Å²) in [7, 11) is 0. The van der Waals surface area contributed by atoms with E-state index in [0.717, 1.165) is 37.5 Å². The normalized spacial score (nSPS) is 19.4. The number of piperidine rings is 1. The molecule has 1 saturated heterocycles. The predicted octanol–water partition coefficient (Wildman–Crippen LogP) is 3.86. The van der Waals surface area contributed by atoms with Gasteiger partial charge in [0.2, 0.25) is 0 Å². The fraction of sp³-hybridized carbons (Fsp3) is 0.533. The summed E-state index contributed by atoms with van der Waals surface area (Å²) < 4.78 is 0. The Bertz CT molecular complexity index is 425. The van der Waals surface area contributed by atoms with Gasteiger partial charge < -0.3 is 0 Å². The molecule has 1 aliphatic rings. The van der Waals surface area contributed by atoms with E-state index >= 15 is 0 Å². The first-order valence-electron chi connectivity index (χ1n) is 6.45. The highest BCUT2D eigenvalue weighted by molar-refractivity contribution is 6.30. The molecule has 0 saturated carbocycles. The molecule has 2 nitrogen and oxygen atoms in total. The first-order chi connectivity index (χ1) is 8.61. The molecule has 0 bridgehead atoms. The molecule has 0 spiro atoms. The maximum Gasteiger partial charge on any atom is 0.0627 e. The number of nitrogens with zero attached hydrogens (tertiary/aromatic N) is 2. The molecule has 0 unspecified atom stereocenters. The molecule has 0 amide bonds. The molecule has 1 aromatic rings. The van der Waals surface area contributed by atoms with Gasteiger partial charge in [0, 0.05) is 18.0 Å². The van der Waals surface area contributed by atoms with E-state index in [4.69, 9.17) is 16.9 Å². The highest BCUT2D eigenvalue weighted by atomic mass is 35.5. The Hall–Kier alpha value is -1.04. The van der Waals surface area contributed by atoms with Crippen molar-refractivity contribution < 1.29 is 0 Å². The molecular weight excluding hydrogens is 244 g/mol. The van der Waals surface area contributed by atoms with Gasteiger partial charge in [-0.15, -0.1) is 0 Å². The number of halogens is 1. The van der Waals surface area contributed by atoms with Crippen molar-refractivity contribution in [3.8, 4) is 6.07 Å². The summed E-state index contributed by atoms with van der Waals surface area (Å²) >= 11 is 5.88. The number of nitriles is 1. The first-order valence-corrected chi connectivity index (χ1v) is 6.83. The van der Waals surface area contributed by atoms with E-state index in [1.807, 2.05) is 12.1 Å². The maximum absolute atomic E-state index is 8.83. The van der Waals surface area contributed by atoms with Crippen molar-refractivity contribution >= 4 is 11.6 Å². The molecule has 1 heterocycles. The Labute approximate surface area is 114 Å². The van der Waals surface area contributed by atoms with Crippen LogP contribution in [-0.2, 0) is 6.54 Å². The average molecular weight is 263 g/mol. The van der Waals surface area contributed by atoms with Gasteiger partial charge in [-0.2, -0.15) is 5.26 Å². The molecule has 0 aromatic heterocycles. The van der Waals surface area contributed by atoms with Crippen LogP contribution in [0.25, 0.3) is 0 Å². The van der Waals surface area contributed by atoms with Crippen LogP contribution in [0.15, 0.2) is 24.3 Å². The molecule has 0 aliphatic carbocycles. The largest absolute Gasteiger partial charge is 0.299 e. The average Bonchev–Trinajstić information content (AvgIpc) is 2.35. The summed E-state index contributed by atoms with van der Waals surface area (Å²) in [5, 5.41) is 9.63. The minimum atomic E-state index is 0.227. The fourth-order valence-electron chi connectivity index (χ4n) is 2.47. The topological polar surface area (TPSA) is 27.0 Å².